The first-order valence-corrected chi connectivity index (χ1v) is 3.54. The minimum absolute atomic E-state index is 0.634. The fourth-order valence-corrected chi connectivity index (χ4v) is 1.51. The van der Waals surface area contributed by atoms with Gasteiger partial charge in [0.2, 0.25) is 5.67 Å². The van der Waals surface area contributed by atoms with Gasteiger partial charge < -0.3 is 5.32 Å². The summed E-state index contributed by atoms with van der Waals surface area (Å²) in [4.78, 5) is 21.7. The number of amides is 3. The van der Waals surface area contributed by atoms with E-state index < -0.39 is 23.6 Å². The Kier molecular flexibility index (Phi) is 1.12. The zero-order valence-corrected chi connectivity index (χ0v) is 6.35. The fourth-order valence-electron chi connectivity index (χ4n) is 1.51. The summed E-state index contributed by atoms with van der Waals surface area (Å²) in [6.45, 7) is 1.67. The van der Waals surface area contributed by atoms with Crippen LogP contribution in [0.15, 0.2) is 11.6 Å². The number of hydrogen-bond acceptors (Lipinski definition) is 2. The van der Waals surface area contributed by atoms with E-state index in [1.54, 1.807) is 6.92 Å². The number of nitrogens with one attached hydrogen (secondary N) is 2. The Morgan fingerprint density at radius 2 is 2.25 bits per heavy atom. The van der Waals surface area contributed by atoms with Crippen LogP contribution < -0.4 is 10.6 Å². The van der Waals surface area contributed by atoms with Gasteiger partial charge in [-0.1, -0.05) is 0 Å². The summed E-state index contributed by atoms with van der Waals surface area (Å²) in [5.41, 5.74) is -1.33. The third-order valence-corrected chi connectivity index (χ3v) is 2.16. The van der Waals surface area contributed by atoms with E-state index in [4.69, 9.17) is 0 Å². The molecular formula is C7H7FN2O2. The van der Waals surface area contributed by atoms with Gasteiger partial charge in [0.25, 0.3) is 5.91 Å². The highest BCUT2D eigenvalue weighted by atomic mass is 19.1. The number of fused-ring (bicyclic) bond motifs is 1. The van der Waals surface area contributed by atoms with Gasteiger partial charge in [-0.15, -0.1) is 0 Å². The molecule has 0 aromatic rings. The van der Waals surface area contributed by atoms with Crippen molar-refractivity contribution in [3.8, 4) is 0 Å². The second-order valence-corrected chi connectivity index (χ2v) is 3.02. The molecule has 12 heavy (non-hydrogen) atoms. The number of urea groups is 1. The SMILES string of the molecule is CC1=CC2(F)C(=O)NC(=O)NC12. The molecule has 0 saturated carbocycles. The first kappa shape index (κ1) is 7.27. The molecule has 0 aromatic heterocycles. The predicted octanol–water partition coefficient (Wildman–Crippen LogP) is -0.137. The maximum absolute atomic E-state index is 13.5. The van der Waals surface area contributed by atoms with Gasteiger partial charge in [0, 0.05) is 0 Å². The van der Waals surface area contributed by atoms with Gasteiger partial charge >= 0.3 is 6.03 Å². The molecule has 3 amide bonds. The Balaban J connectivity index is 2.36. The maximum atomic E-state index is 13.5. The van der Waals surface area contributed by atoms with Crippen LogP contribution in [0.25, 0.3) is 0 Å². The zero-order valence-electron chi connectivity index (χ0n) is 6.35. The molecule has 4 nitrogen and oxygen atoms in total. The Morgan fingerprint density at radius 3 is 2.83 bits per heavy atom. The van der Waals surface area contributed by atoms with Crippen LogP contribution in [-0.4, -0.2) is 23.6 Å². The highest BCUT2D eigenvalue weighted by molar-refractivity contribution is 6.05. The smallest absolute Gasteiger partial charge is 0.322 e. The molecule has 5 heteroatoms. The lowest BCUT2D eigenvalue weighted by Crippen LogP contribution is -2.70. The molecule has 0 bridgehead atoms. The van der Waals surface area contributed by atoms with Gasteiger partial charge in [-0.05, 0) is 18.6 Å². The summed E-state index contributed by atoms with van der Waals surface area (Å²) in [5.74, 6) is -0.873. The van der Waals surface area contributed by atoms with Gasteiger partial charge in [-0.3, -0.25) is 10.1 Å². The van der Waals surface area contributed by atoms with Crippen molar-refractivity contribution >= 4 is 11.9 Å². The Bertz CT molecular complexity index is 313. The standard InChI is InChI=1S/C7H7FN2O2/c1-3-2-7(8)4(3)9-6(12)10-5(7)11/h2,4H,1H3,(H2,9,10,11,12). The first-order valence-electron chi connectivity index (χ1n) is 3.54. The molecule has 1 saturated heterocycles. The minimum Gasteiger partial charge on any atom is -0.327 e. The lowest BCUT2D eigenvalue weighted by molar-refractivity contribution is -0.132. The lowest BCUT2D eigenvalue weighted by Gasteiger charge is -2.42. The molecule has 1 fully saturated rings. The molecule has 0 radical (unpaired) electrons. The summed E-state index contributed by atoms with van der Waals surface area (Å²) >= 11 is 0. The number of imide groups is 1. The summed E-state index contributed by atoms with van der Waals surface area (Å²) in [7, 11) is 0. The molecule has 0 aromatic carbocycles. The molecule has 1 heterocycles. The van der Waals surface area contributed by atoms with Crippen molar-refractivity contribution in [2.75, 3.05) is 0 Å². The first-order chi connectivity index (χ1) is 5.54. The van der Waals surface area contributed by atoms with Gasteiger partial charge in [0.05, 0.1) is 6.04 Å². The fraction of sp³-hybridized carbons (Fsp3) is 0.429. The summed E-state index contributed by atoms with van der Waals surface area (Å²) in [6.07, 6.45) is 1.21. The average Bonchev–Trinajstić information content (AvgIpc) is 1.98. The van der Waals surface area contributed by atoms with Crippen molar-refractivity contribution in [1.82, 2.24) is 10.6 Å². The Hall–Kier alpha value is -1.39. The van der Waals surface area contributed by atoms with Crippen molar-refractivity contribution in [3.63, 3.8) is 0 Å². The van der Waals surface area contributed by atoms with Gasteiger partial charge in [-0.25, -0.2) is 9.18 Å². The number of halogens is 1. The van der Waals surface area contributed by atoms with Gasteiger partial charge in [0.15, 0.2) is 0 Å². The number of carbonyl (C=O) groups is 2. The second kappa shape index (κ2) is 1.85. The van der Waals surface area contributed by atoms with E-state index in [0.717, 1.165) is 0 Å². The van der Waals surface area contributed by atoms with Crippen LogP contribution in [0.2, 0.25) is 0 Å². The number of hydrogen-bond donors (Lipinski definition) is 2. The van der Waals surface area contributed by atoms with Crippen LogP contribution in [0.4, 0.5) is 9.18 Å². The molecule has 2 N–H and O–H groups in total. The van der Waals surface area contributed by atoms with Crippen molar-refractivity contribution in [2.45, 2.75) is 18.6 Å². The number of rotatable bonds is 0. The molecular weight excluding hydrogens is 163 g/mol. The summed E-state index contributed by atoms with van der Waals surface area (Å²) < 4.78 is 13.5. The molecule has 1 aliphatic heterocycles. The molecule has 2 aliphatic rings. The molecule has 0 spiro atoms. The van der Waals surface area contributed by atoms with E-state index in [1.165, 1.54) is 6.08 Å². The molecule has 2 unspecified atom stereocenters. The molecule has 64 valence electrons. The molecule has 1 aliphatic carbocycles. The van der Waals surface area contributed by atoms with Crippen molar-refractivity contribution < 1.29 is 14.0 Å². The van der Waals surface area contributed by atoms with Crippen molar-refractivity contribution in [2.24, 2.45) is 0 Å². The van der Waals surface area contributed by atoms with Gasteiger partial charge in [0.1, 0.15) is 0 Å². The predicted molar refractivity (Wildman–Crippen MR) is 38.1 cm³/mol. The summed E-state index contributed by atoms with van der Waals surface area (Å²) in [6, 6.07) is -1.40. The van der Waals surface area contributed by atoms with E-state index in [2.05, 4.69) is 5.32 Å². The zero-order chi connectivity index (χ0) is 8.93. The quantitative estimate of drug-likeness (QED) is 0.497. The monoisotopic (exact) mass is 170 g/mol. The third kappa shape index (κ3) is 0.654. The Morgan fingerprint density at radius 1 is 1.58 bits per heavy atom. The van der Waals surface area contributed by atoms with E-state index >= 15 is 0 Å². The largest absolute Gasteiger partial charge is 0.327 e. The van der Waals surface area contributed by atoms with Crippen molar-refractivity contribution in [1.29, 1.82) is 0 Å². The highest BCUT2D eigenvalue weighted by Gasteiger charge is 2.56. The second-order valence-electron chi connectivity index (χ2n) is 3.02. The van der Waals surface area contributed by atoms with E-state index in [-0.39, 0.29) is 0 Å². The Labute approximate surface area is 67.8 Å². The lowest BCUT2D eigenvalue weighted by atomic mass is 9.77. The van der Waals surface area contributed by atoms with Gasteiger partial charge in [-0.2, -0.15) is 0 Å². The van der Waals surface area contributed by atoms with E-state index in [1.807, 2.05) is 5.32 Å². The van der Waals surface area contributed by atoms with Crippen LogP contribution >= 0.6 is 0 Å². The van der Waals surface area contributed by atoms with E-state index in [9.17, 15) is 14.0 Å². The minimum atomic E-state index is -2.02. The number of alkyl halides is 1. The van der Waals surface area contributed by atoms with Crippen LogP contribution in [0.5, 0.6) is 0 Å². The molecule has 2 rings (SSSR count). The topological polar surface area (TPSA) is 58.2 Å². The van der Waals surface area contributed by atoms with Crippen LogP contribution in [-0.2, 0) is 4.79 Å². The molecule has 2 atom stereocenters. The average molecular weight is 170 g/mol. The maximum Gasteiger partial charge on any atom is 0.322 e. The van der Waals surface area contributed by atoms with Crippen LogP contribution in [0, 0.1) is 0 Å². The van der Waals surface area contributed by atoms with Crippen LogP contribution in [0.1, 0.15) is 6.92 Å². The number of carbonyl (C=O) groups excluding carboxylic acids is 2. The third-order valence-electron chi connectivity index (χ3n) is 2.16. The van der Waals surface area contributed by atoms with Crippen LogP contribution in [0.3, 0.4) is 0 Å². The highest BCUT2D eigenvalue weighted by Crippen LogP contribution is 2.36. The van der Waals surface area contributed by atoms with E-state index in [0.29, 0.717) is 5.57 Å². The normalized spacial score (nSPS) is 38.8. The summed E-state index contributed by atoms with van der Waals surface area (Å²) in [5, 5.41) is 4.19. The van der Waals surface area contributed by atoms with Crippen molar-refractivity contribution in [3.05, 3.63) is 11.6 Å².